The molecule has 0 saturated heterocycles. The normalized spacial score (nSPS) is 16.4. The van der Waals surface area contributed by atoms with E-state index < -0.39 is 6.10 Å². The Morgan fingerprint density at radius 2 is 2.00 bits per heavy atom. The van der Waals surface area contributed by atoms with Gasteiger partial charge in [0.05, 0.1) is 25.3 Å². The molecule has 1 aliphatic rings. The van der Waals surface area contributed by atoms with Crippen LogP contribution in [0, 0.1) is 35.5 Å². The fourth-order valence-electron chi connectivity index (χ4n) is 3.55. The van der Waals surface area contributed by atoms with Crippen LogP contribution >= 0.6 is 0 Å². The molecule has 1 unspecified atom stereocenters. The first-order chi connectivity index (χ1) is 13.3. The number of methoxy groups -OCH3 is 1. The quantitative estimate of drug-likeness (QED) is 0.357. The van der Waals surface area contributed by atoms with Crippen LogP contribution in [0.15, 0.2) is 41.0 Å². The minimum Gasteiger partial charge on any atom is -0.481 e. The van der Waals surface area contributed by atoms with Gasteiger partial charge >= 0.3 is 0 Å². The predicted molar refractivity (Wildman–Crippen MR) is 110 cm³/mol. The van der Waals surface area contributed by atoms with Crippen molar-refractivity contribution in [3.63, 3.8) is 0 Å². The zero-order valence-corrected chi connectivity index (χ0v) is 17.1. The van der Waals surface area contributed by atoms with Crippen LogP contribution in [-0.4, -0.2) is 29.8 Å². The van der Waals surface area contributed by atoms with Gasteiger partial charge in [0.15, 0.2) is 0 Å². The minimum atomic E-state index is -1.02. The second-order valence-corrected chi connectivity index (χ2v) is 7.72. The van der Waals surface area contributed by atoms with Gasteiger partial charge in [-0.3, -0.25) is 5.41 Å². The molecular weight excluding hydrogens is 352 g/mol. The maximum atomic E-state index is 11.4. The van der Waals surface area contributed by atoms with Gasteiger partial charge in [-0.1, -0.05) is 26.0 Å². The highest BCUT2D eigenvalue weighted by Gasteiger charge is 2.30. The molecule has 2 rings (SSSR count). The van der Waals surface area contributed by atoms with E-state index in [4.69, 9.17) is 10.1 Å². The zero-order valence-electron chi connectivity index (χ0n) is 17.1. The third-order valence-corrected chi connectivity index (χ3v) is 5.02. The standard InChI is InChI=1S/C23H30N2O3/c1-14(2)20(23(25)28-4)21(18(7-8-26)11-16-5-6-16)22(27)19-10-15(3)9-17(12-19)13-24/h7,9-10,12,14,16,22,25-27H,5-6,8,11H2,1-4H3/b18-7+,21-20+,25-23?. The summed E-state index contributed by atoms with van der Waals surface area (Å²) in [5, 5.41) is 38.6. The van der Waals surface area contributed by atoms with Crippen molar-refractivity contribution in [3.8, 4) is 6.07 Å². The Bertz CT molecular complexity index is 827. The second-order valence-electron chi connectivity index (χ2n) is 7.72. The van der Waals surface area contributed by atoms with E-state index in [2.05, 4.69) is 6.07 Å². The van der Waals surface area contributed by atoms with Gasteiger partial charge in [-0.05, 0) is 72.4 Å². The number of rotatable bonds is 8. The van der Waals surface area contributed by atoms with Crippen molar-refractivity contribution >= 4 is 5.90 Å². The lowest BCUT2D eigenvalue weighted by Gasteiger charge is -2.25. The van der Waals surface area contributed by atoms with E-state index in [0.29, 0.717) is 28.2 Å². The monoisotopic (exact) mass is 382 g/mol. The van der Waals surface area contributed by atoms with Gasteiger partial charge in [0.2, 0.25) is 5.90 Å². The molecule has 1 fully saturated rings. The third kappa shape index (κ3) is 5.31. The topological polar surface area (TPSA) is 97.3 Å². The average molecular weight is 383 g/mol. The SMILES string of the molecule is COC(=N)/C(=C(\C(=C\CO)CC1CC1)C(O)c1cc(C)cc(C#N)c1)C(C)C. The molecular formula is C23H30N2O3. The largest absolute Gasteiger partial charge is 0.481 e. The summed E-state index contributed by atoms with van der Waals surface area (Å²) >= 11 is 0. The molecule has 1 saturated carbocycles. The highest BCUT2D eigenvalue weighted by atomic mass is 16.5. The second kappa shape index (κ2) is 9.68. The molecule has 1 aliphatic carbocycles. The molecule has 1 aromatic rings. The summed E-state index contributed by atoms with van der Waals surface area (Å²) in [4.78, 5) is 0. The van der Waals surface area contributed by atoms with Crippen molar-refractivity contribution in [1.29, 1.82) is 10.7 Å². The Labute approximate surface area is 167 Å². The number of benzene rings is 1. The predicted octanol–water partition coefficient (Wildman–Crippen LogP) is 4.20. The van der Waals surface area contributed by atoms with E-state index >= 15 is 0 Å². The summed E-state index contributed by atoms with van der Waals surface area (Å²) in [6.45, 7) is 5.66. The average Bonchev–Trinajstić information content (AvgIpc) is 3.47. The Morgan fingerprint density at radius 1 is 1.32 bits per heavy atom. The zero-order chi connectivity index (χ0) is 20.8. The van der Waals surface area contributed by atoms with Crippen LogP contribution in [0.1, 0.15) is 55.9 Å². The molecule has 5 nitrogen and oxygen atoms in total. The first-order valence-electron chi connectivity index (χ1n) is 9.69. The summed E-state index contributed by atoms with van der Waals surface area (Å²) in [5.74, 6) is 0.493. The number of nitriles is 1. The summed E-state index contributed by atoms with van der Waals surface area (Å²) in [6.07, 6.45) is 3.72. The van der Waals surface area contributed by atoms with Crippen molar-refractivity contribution in [2.45, 2.75) is 46.1 Å². The summed E-state index contributed by atoms with van der Waals surface area (Å²) < 4.78 is 5.23. The van der Waals surface area contributed by atoms with Crippen molar-refractivity contribution < 1.29 is 14.9 Å². The molecule has 28 heavy (non-hydrogen) atoms. The fraction of sp³-hybridized carbons (Fsp3) is 0.478. The molecule has 0 spiro atoms. The molecule has 0 heterocycles. The van der Waals surface area contributed by atoms with Crippen LogP contribution in [-0.2, 0) is 4.74 Å². The molecule has 0 aliphatic heterocycles. The van der Waals surface area contributed by atoms with Crippen molar-refractivity contribution in [1.82, 2.24) is 0 Å². The van der Waals surface area contributed by atoms with Crippen LogP contribution in [0.4, 0.5) is 0 Å². The van der Waals surface area contributed by atoms with E-state index in [1.807, 2.05) is 26.8 Å². The first-order valence-corrected chi connectivity index (χ1v) is 9.69. The van der Waals surface area contributed by atoms with Gasteiger partial charge in [0, 0.05) is 5.57 Å². The van der Waals surface area contributed by atoms with Gasteiger partial charge in [-0.2, -0.15) is 5.26 Å². The minimum absolute atomic E-state index is 0.0110. The Morgan fingerprint density at radius 3 is 2.50 bits per heavy atom. The van der Waals surface area contributed by atoms with Gasteiger partial charge in [0.25, 0.3) is 0 Å². The van der Waals surface area contributed by atoms with Gasteiger partial charge in [0.1, 0.15) is 6.10 Å². The molecule has 0 aromatic heterocycles. The molecule has 1 atom stereocenters. The van der Waals surface area contributed by atoms with E-state index in [1.165, 1.54) is 7.11 Å². The lowest BCUT2D eigenvalue weighted by atomic mass is 9.83. The van der Waals surface area contributed by atoms with Crippen LogP contribution in [0.3, 0.4) is 0 Å². The van der Waals surface area contributed by atoms with Crippen LogP contribution < -0.4 is 0 Å². The van der Waals surface area contributed by atoms with E-state index in [0.717, 1.165) is 30.4 Å². The Hall–Kier alpha value is -2.42. The number of hydrogen-bond acceptors (Lipinski definition) is 5. The number of ether oxygens (including phenoxy) is 1. The van der Waals surface area contributed by atoms with Crippen molar-refractivity contribution in [2.24, 2.45) is 11.8 Å². The number of aliphatic hydroxyl groups is 2. The molecule has 150 valence electrons. The summed E-state index contributed by atoms with van der Waals surface area (Å²) in [6, 6.07) is 7.44. The summed E-state index contributed by atoms with van der Waals surface area (Å²) in [7, 11) is 1.45. The van der Waals surface area contributed by atoms with Crippen LogP contribution in [0.5, 0.6) is 0 Å². The molecule has 0 bridgehead atoms. The molecule has 0 radical (unpaired) electrons. The smallest absolute Gasteiger partial charge is 0.209 e. The molecule has 0 amide bonds. The molecule has 3 N–H and O–H groups in total. The number of hydrogen-bond donors (Lipinski definition) is 3. The van der Waals surface area contributed by atoms with Gasteiger partial charge < -0.3 is 14.9 Å². The highest BCUT2D eigenvalue weighted by Crippen LogP contribution is 2.42. The van der Waals surface area contributed by atoms with Crippen LogP contribution in [0.2, 0.25) is 0 Å². The Kier molecular flexibility index (Phi) is 7.56. The van der Waals surface area contributed by atoms with Crippen molar-refractivity contribution in [2.75, 3.05) is 13.7 Å². The van der Waals surface area contributed by atoms with Crippen LogP contribution in [0.25, 0.3) is 0 Å². The van der Waals surface area contributed by atoms with Crippen molar-refractivity contribution in [3.05, 3.63) is 57.7 Å². The summed E-state index contributed by atoms with van der Waals surface area (Å²) in [5.41, 5.74) is 4.05. The maximum Gasteiger partial charge on any atom is 0.209 e. The Balaban J connectivity index is 2.69. The fourth-order valence-corrected chi connectivity index (χ4v) is 3.55. The highest BCUT2D eigenvalue weighted by molar-refractivity contribution is 5.93. The number of nitrogens with zero attached hydrogens (tertiary/aromatic N) is 1. The van der Waals surface area contributed by atoms with Gasteiger partial charge in [-0.15, -0.1) is 0 Å². The molecule has 5 heteroatoms. The number of aliphatic hydroxyl groups excluding tert-OH is 2. The third-order valence-electron chi connectivity index (χ3n) is 5.02. The lowest BCUT2D eigenvalue weighted by Crippen LogP contribution is -2.18. The van der Waals surface area contributed by atoms with E-state index in [9.17, 15) is 15.5 Å². The lowest BCUT2D eigenvalue weighted by molar-refractivity contribution is 0.214. The maximum absolute atomic E-state index is 11.4. The molecule has 1 aromatic carbocycles. The number of nitrogens with one attached hydrogen (secondary N) is 1. The first kappa shape index (κ1) is 21.9. The van der Waals surface area contributed by atoms with E-state index in [1.54, 1.807) is 18.2 Å². The van der Waals surface area contributed by atoms with Gasteiger partial charge in [-0.25, -0.2) is 0 Å². The number of aryl methyl sites for hydroxylation is 1. The van der Waals surface area contributed by atoms with E-state index in [-0.39, 0.29) is 18.4 Å².